The van der Waals surface area contributed by atoms with Crippen molar-refractivity contribution in [3.8, 4) is 0 Å². The lowest BCUT2D eigenvalue weighted by atomic mass is 10.1. The Morgan fingerprint density at radius 3 is 2.50 bits per heavy atom. The summed E-state index contributed by atoms with van der Waals surface area (Å²) in [7, 11) is 0. The second kappa shape index (κ2) is 6.32. The van der Waals surface area contributed by atoms with E-state index in [0.29, 0.717) is 26.3 Å². The summed E-state index contributed by atoms with van der Waals surface area (Å²) in [5.74, 6) is -8.65. The summed E-state index contributed by atoms with van der Waals surface area (Å²) in [6, 6.07) is 0.286. The summed E-state index contributed by atoms with van der Waals surface area (Å²) in [6.45, 7) is 1.53. The molecule has 6 nitrogen and oxygen atoms in total. The molecule has 1 saturated heterocycles. The number of aromatic amines is 1. The van der Waals surface area contributed by atoms with E-state index in [-0.39, 0.29) is 16.8 Å². The molecule has 0 amide bonds. The molecule has 0 spiro atoms. The zero-order valence-electron chi connectivity index (χ0n) is 12.0. The number of hydrogen-bond donors (Lipinski definition) is 1. The topological polar surface area (TPSA) is 63.1 Å². The Labute approximate surface area is 137 Å². The van der Waals surface area contributed by atoms with Gasteiger partial charge < -0.3 is 9.64 Å². The van der Waals surface area contributed by atoms with Gasteiger partial charge in [-0.2, -0.15) is 0 Å². The molecule has 0 atom stereocenters. The van der Waals surface area contributed by atoms with Gasteiger partial charge in [0.2, 0.25) is 10.7 Å². The van der Waals surface area contributed by atoms with Gasteiger partial charge in [0, 0.05) is 13.1 Å². The van der Waals surface area contributed by atoms with Gasteiger partial charge in [-0.15, -0.1) is 5.10 Å². The number of nitrogens with zero attached hydrogens (tertiary/aromatic N) is 3. The smallest absolute Gasteiger partial charge is 0.270 e. The van der Waals surface area contributed by atoms with Crippen LogP contribution in [0.15, 0.2) is 6.07 Å². The maximum atomic E-state index is 13.9. The van der Waals surface area contributed by atoms with Gasteiger partial charge in [-0.1, -0.05) is 0 Å². The number of carbonyl (C=O) groups is 1. The van der Waals surface area contributed by atoms with E-state index in [2.05, 4.69) is 10.2 Å². The van der Waals surface area contributed by atoms with Crippen molar-refractivity contribution in [1.29, 1.82) is 0 Å². The van der Waals surface area contributed by atoms with Gasteiger partial charge >= 0.3 is 0 Å². The van der Waals surface area contributed by atoms with Crippen LogP contribution in [-0.2, 0) is 4.74 Å². The van der Waals surface area contributed by atoms with Crippen molar-refractivity contribution >= 4 is 24.1 Å². The maximum Gasteiger partial charge on any atom is 0.270 e. The third-order valence-corrected chi connectivity index (χ3v) is 3.76. The standard InChI is InChI=1S/C13H10F4N4O2S/c14-7-5-6(8(15)10(17)9(7)16)11(22)21-12(18-19-13(21)24)20-1-3-23-4-2-20/h5H,1-4H2,(H,19,24). The Morgan fingerprint density at radius 1 is 1.17 bits per heavy atom. The minimum atomic E-state index is -2.07. The number of morpholine rings is 1. The van der Waals surface area contributed by atoms with E-state index >= 15 is 0 Å². The molecule has 1 fully saturated rings. The summed E-state index contributed by atoms with van der Waals surface area (Å²) in [4.78, 5) is 14.2. The SMILES string of the molecule is O=C(c1cc(F)c(F)c(F)c1F)n1c(N2CCOCC2)n[nH]c1=S. The summed E-state index contributed by atoms with van der Waals surface area (Å²) >= 11 is 4.94. The highest BCUT2D eigenvalue weighted by molar-refractivity contribution is 7.71. The fraction of sp³-hybridized carbons (Fsp3) is 0.308. The van der Waals surface area contributed by atoms with Gasteiger partial charge in [-0.3, -0.25) is 4.79 Å². The van der Waals surface area contributed by atoms with E-state index in [1.165, 1.54) is 0 Å². The summed E-state index contributed by atoms with van der Waals surface area (Å²) in [5, 5.41) is 6.26. The van der Waals surface area contributed by atoms with Gasteiger partial charge in [-0.25, -0.2) is 27.2 Å². The molecule has 1 aromatic heterocycles. The average Bonchev–Trinajstić information content (AvgIpc) is 2.98. The zero-order chi connectivity index (χ0) is 17.4. The minimum Gasteiger partial charge on any atom is -0.378 e. The lowest BCUT2D eigenvalue weighted by molar-refractivity contribution is 0.0947. The van der Waals surface area contributed by atoms with Gasteiger partial charge in [0.1, 0.15) is 0 Å². The van der Waals surface area contributed by atoms with E-state index in [1.54, 1.807) is 4.90 Å². The van der Waals surface area contributed by atoms with Crippen LogP contribution in [0.2, 0.25) is 0 Å². The molecular weight excluding hydrogens is 352 g/mol. The van der Waals surface area contributed by atoms with Crippen LogP contribution in [0.3, 0.4) is 0 Å². The number of halogens is 4. The molecule has 3 rings (SSSR count). The highest BCUT2D eigenvalue weighted by Gasteiger charge is 2.28. The molecule has 1 aromatic carbocycles. The van der Waals surface area contributed by atoms with E-state index in [1.807, 2.05) is 0 Å². The first-order chi connectivity index (χ1) is 11.4. The van der Waals surface area contributed by atoms with E-state index in [4.69, 9.17) is 17.0 Å². The molecule has 2 heterocycles. The van der Waals surface area contributed by atoms with Crippen LogP contribution in [0.1, 0.15) is 10.4 Å². The Bertz CT molecular complexity index is 860. The summed E-state index contributed by atoms with van der Waals surface area (Å²) in [6.07, 6.45) is 0. The first-order valence-corrected chi connectivity index (χ1v) is 7.20. The van der Waals surface area contributed by atoms with Crippen molar-refractivity contribution in [1.82, 2.24) is 14.8 Å². The average molecular weight is 362 g/mol. The Balaban J connectivity index is 2.09. The zero-order valence-corrected chi connectivity index (χ0v) is 12.8. The fourth-order valence-electron chi connectivity index (χ4n) is 2.30. The highest BCUT2D eigenvalue weighted by atomic mass is 32.1. The van der Waals surface area contributed by atoms with Crippen molar-refractivity contribution in [2.45, 2.75) is 0 Å². The molecule has 11 heteroatoms. The number of anilines is 1. The fourth-order valence-corrected chi connectivity index (χ4v) is 2.51. The number of H-pyrrole nitrogens is 1. The predicted molar refractivity (Wildman–Crippen MR) is 76.4 cm³/mol. The molecule has 24 heavy (non-hydrogen) atoms. The van der Waals surface area contributed by atoms with Crippen molar-refractivity contribution in [3.05, 3.63) is 39.7 Å². The lowest BCUT2D eigenvalue weighted by Gasteiger charge is -2.27. The van der Waals surface area contributed by atoms with Gasteiger partial charge in [0.05, 0.1) is 18.8 Å². The van der Waals surface area contributed by atoms with Crippen LogP contribution in [0, 0.1) is 28.0 Å². The van der Waals surface area contributed by atoms with Crippen LogP contribution in [0.5, 0.6) is 0 Å². The second-order valence-corrected chi connectivity index (χ2v) is 5.30. The Kier molecular flexibility index (Phi) is 4.37. The number of benzene rings is 1. The van der Waals surface area contributed by atoms with E-state index in [9.17, 15) is 22.4 Å². The van der Waals surface area contributed by atoms with Crippen molar-refractivity contribution in [3.63, 3.8) is 0 Å². The van der Waals surface area contributed by atoms with Crippen molar-refractivity contribution < 1.29 is 27.1 Å². The van der Waals surface area contributed by atoms with Gasteiger partial charge in [0.15, 0.2) is 23.3 Å². The Morgan fingerprint density at radius 2 is 1.83 bits per heavy atom. The molecule has 128 valence electrons. The number of ether oxygens (including phenoxy) is 1. The van der Waals surface area contributed by atoms with Crippen molar-refractivity contribution in [2.24, 2.45) is 0 Å². The molecule has 0 saturated carbocycles. The monoisotopic (exact) mass is 362 g/mol. The lowest BCUT2D eigenvalue weighted by Crippen LogP contribution is -2.38. The third-order valence-electron chi connectivity index (χ3n) is 3.48. The van der Waals surface area contributed by atoms with Crippen LogP contribution < -0.4 is 4.90 Å². The summed E-state index contributed by atoms with van der Waals surface area (Å²) in [5.41, 5.74) is -0.988. The molecular formula is C13H10F4N4O2S. The number of nitrogens with one attached hydrogen (secondary N) is 1. The van der Waals surface area contributed by atoms with Gasteiger partial charge in [0.25, 0.3) is 5.91 Å². The largest absolute Gasteiger partial charge is 0.378 e. The molecule has 0 radical (unpaired) electrons. The number of rotatable bonds is 2. The molecule has 0 unspecified atom stereocenters. The van der Waals surface area contributed by atoms with E-state index < -0.39 is 34.7 Å². The second-order valence-electron chi connectivity index (χ2n) is 4.92. The molecule has 0 aliphatic carbocycles. The number of hydrogen-bond acceptors (Lipinski definition) is 5. The predicted octanol–water partition coefficient (Wildman–Crippen LogP) is 2.02. The number of aromatic nitrogens is 3. The van der Waals surface area contributed by atoms with Crippen LogP contribution in [0.25, 0.3) is 0 Å². The van der Waals surface area contributed by atoms with Crippen molar-refractivity contribution in [2.75, 3.05) is 31.2 Å². The van der Waals surface area contributed by atoms with Gasteiger partial charge in [-0.05, 0) is 18.3 Å². The van der Waals surface area contributed by atoms with Crippen LogP contribution in [0.4, 0.5) is 23.5 Å². The highest BCUT2D eigenvalue weighted by Crippen LogP contribution is 2.22. The van der Waals surface area contributed by atoms with E-state index in [0.717, 1.165) is 4.57 Å². The Hall–Kier alpha value is -2.27. The third kappa shape index (κ3) is 2.69. The first-order valence-electron chi connectivity index (χ1n) is 6.79. The minimum absolute atomic E-state index is 0.0536. The molecule has 2 aromatic rings. The first kappa shape index (κ1) is 16.6. The molecule has 1 aliphatic heterocycles. The molecule has 1 N–H and O–H groups in total. The normalized spacial score (nSPS) is 14.9. The van der Waals surface area contributed by atoms with Crippen LogP contribution in [-0.4, -0.2) is 47.0 Å². The number of carbonyl (C=O) groups excluding carboxylic acids is 1. The quantitative estimate of drug-likeness (QED) is 0.383. The summed E-state index contributed by atoms with van der Waals surface area (Å²) < 4.78 is 59.5. The molecule has 1 aliphatic rings. The van der Waals surface area contributed by atoms with Crippen LogP contribution >= 0.6 is 12.2 Å². The molecule has 0 bridgehead atoms. The maximum absolute atomic E-state index is 13.9.